The standard InChI is InChI=1S/C13H16F3N3O3S/c1-3-22-12(21)19-6-4-18(5-7-19)10(20)9-8(2)17-11(23-9)13(14,15)16/h3-7H2,1-2H3. The van der Waals surface area contributed by atoms with Crippen LogP contribution in [0.2, 0.25) is 0 Å². The highest BCUT2D eigenvalue weighted by molar-refractivity contribution is 7.13. The van der Waals surface area contributed by atoms with E-state index in [2.05, 4.69) is 4.98 Å². The number of aryl methyl sites for hydroxylation is 1. The van der Waals surface area contributed by atoms with Crippen LogP contribution in [-0.2, 0) is 10.9 Å². The molecular weight excluding hydrogens is 335 g/mol. The van der Waals surface area contributed by atoms with Crippen LogP contribution in [0.1, 0.15) is 27.3 Å². The van der Waals surface area contributed by atoms with Crippen molar-refractivity contribution in [2.45, 2.75) is 20.0 Å². The van der Waals surface area contributed by atoms with Crippen molar-refractivity contribution >= 4 is 23.3 Å². The molecule has 2 amide bonds. The van der Waals surface area contributed by atoms with Crippen molar-refractivity contribution in [1.29, 1.82) is 0 Å². The first-order chi connectivity index (χ1) is 10.7. The van der Waals surface area contributed by atoms with E-state index in [4.69, 9.17) is 4.74 Å². The van der Waals surface area contributed by atoms with Gasteiger partial charge < -0.3 is 14.5 Å². The quantitative estimate of drug-likeness (QED) is 0.821. The molecule has 128 valence electrons. The van der Waals surface area contributed by atoms with Gasteiger partial charge in [-0.1, -0.05) is 0 Å². The molecule has 1 aromatic rings. The molecule has 1 fully saturated rings. The van der Waals surface area contributed by atoms with Crippen molar-refractivity contribution < 1.29 is 27.5 Å². The molecule has 2 rings (SSSR count). The Morgan fingerprint density at radius 2 is 1.78 bits per heavy atom. The minimum absolute atomic E-state index is 0.0121. The largest absolute Gasteiger partial charge is 0.450 e. The summed E-state index contributed by atoms with van der Waals surface area (Å²) >= 11 is 0.351. The summed E-state index contributed by atoms with van der Waals surface area (Å²) in [5.41, 5.74) is 0.0696. The van der Waals surface area contributed by atoms with E-state index in [1.807, 2.05) is 0 Å². The number of thiazole rings is 1. The second-order valence-electron chi connectivity index (χ2n) is 4.91. The summed E-state index contributed by atoms with van der Waals surface area (Å²) < 4.78 is 42.9. The van der Waals surface area contributed by atoms with Gasteiger partial charge in [-0.05, 0) is 13.8 Å². The maximum Gasteiger partial charge on any atom is 0.443 e. The molecule has 2 heterocycles. The van der Waals surface area contributed by atoms with Crippen LogP contribution in [0, 0.1) is 6.92 Å². The molecule has 1 saturated heterocycles. The zero-order chi connectivity index (χ0) is 17.2. The van der Waals surface area contributed by atoms with Gasteiger partial charge in [-0.2, -0.15) is 13.2 Å². The number of hydrogen-bond donors (Lipinski definition) is 0. The minimum Gasteiger partial charge on any atom is -0.450 e. The summed E-state index contributed by atoms with van der Waals surface area (Å²) in [5.74, 6) is -0.487. The summed E-state index contributed by atoms with van der Waals surface area (Å²) in [7, 11) is 0. The molecule has 0 spiro atoms. The average molecular weight is 351 g/mol. The summed E-state index contributed by atoms with van der Waals surface area (Å²) in [5, 5.41) is -1.02. The molecular formula is C13H16F3N3O3S. The maximum atomic E-state index is 12.7. The fourth-order valence-corrected chi connectivity index (χ4v) is 3.07. The number of hydrogen-bond acceptors (Lipinski definition) is 5. The van der Waals surface area contributed by atoms with E-state index >= 15 is 0 Å². The summed E-state index contributed by atoms with van der Waals surface area (Å²) in [4.78, 5) is 30.2. The smallest absolute Gasteiger partial charge is 0.443 e. The normalized spacial score (nSPS) is 15.7. The van der Waals surface area contributed by atoms with Crippen molar-refractivity contribution in [1.82, 2.24) is 14.8 Å². The topological polar surface area (TPSA) is 62.7 Å². The zero-order valence-corrected chi connectivity index (χ0v) is 13.5. The molecule has 0 radical (unpaired) electrons. The summed E-state index contributed by atoms with van der Waals surface area (Å²) in [6, 6.07) is 0. The van der Waals surface area contributed by atoms with Gasteiger partial charge in [0.15, 0.2) is 5.01 Å². The molecule has 1 aromatic heterocycles. The molecule has 0 bridgehead atoms. The molecule has 10 heteroatoms. The Bertz CT molecular complexity index is 595. The van der Waals surface area contributed by atoms with Crippen LogP contribution in [0.25, 0.3) is 0 Å². The van der Waals surface area contributed by atoms with Gasteiger partial charge >= 0.3 is 12.3 Å². The Kier molecular flexibility index (Phi) is 5.12. The van der Waals surface area contributed by atoms with E-state index in [1.165, 1.54) is 16.7 Å². The Labute approximate surface area is 134 Å². The van der Waals surface area contributed by atoms with Crippen LogP contribution in [0.5, 0.6) is 0 Å². The summed E-state index contributed by atoms with van der Waals surface area (Å²) in [6.45, 7) is 4.41. The zero-order valence-electron chi connectivity index (χ0n) is 12.6. The van der Waals surface area contributed by atoms with Crippen LogP contribution >= 0.6 is 11.3 Å². The lowest BCUT2D eigenvalue weighted by atomic mass is 10.3. The Hall–Kier alpha value is -1.84. The maximum absolute atomic E-state index is 12.7. The monoisotopic (exact) mass is 351 g/mol. The molecule has 0 saturated carbocycles. The van der Waals surface area contributed by atoms with Gasteiger partial charge in [-0.15, -0.1) is 11.3 Å². The fraction of sp³-hybridized carbons (Fsp3) is 0.615. The van der Waals surface area contributed by atoms with Crippen LogP contribution in [0.4, 0.5) is 18.0 Å². The van der Waals surface area contributed by atoms with E-state index < -0.39 is 23.2 Å². The van der Waals surface area contributed by atoms with Crippen LogP contribution in [0.15, 0.2) is 0 Å². The van der Waals surface area contributed by atoms with Crippen LogP contribution in [0.3, 0.4) is 0 Å². The Balaban J connectivity index is 2.03. The lowest BCUT2D eigenvalue weighted by Gasteiger charge is -2.33. The number of ether oxygens (including phenoxy) is 1. The molecule has 0 unspecified atom stereocenters. The van der Waals surface area contributed by atoms with E-state index in [0.717, 1.165) is 0 Å². The van der Waals surface area contributed by atoms with Crippen molar-refractivity contribution in [3.8, 4) is 0 Å². The van der Waals surface area contributed by atoms with Gasteiger partial charge in [0.2, 0.25) is 0 Å². The molecule has 23 heavy (non-hydrogen) atoms. The van der Waals surface area contributed by atoms with E-state index in [9.17, 15) is 22.8 Å². The van der Waals surface area contributed by atoms with Crippen molar-refractivity contribution in [2.75, 3.05) is 32.8 Å². The Morgan fingerprint density at radius 1 is 1.22 bits per heavy atom. The van der Waals surface area contributed by atoms with Gasteiger partial charge in [0, 0.05) is 26.2 Å². The second kappa shape index (κ2) is 6.73. The third-order valence-electron chi connectivity index (χ3n) is 3.33. The number of carbonyl (C=O) groups is 2. The number of alkyl halides is 3. The highest BCUT2D eigenvalue weighted by Crippen LogP contribution is 2.34. The van der Waals surface area contributed by atoms with Gasteiger partial charge in [0.1, 0.15) is 4.88 Å². The lowest BCUT2D eigenvalue weighted by Crippen LogP contribution is -2.50. The number of piperazine rings is 1. The van der Waals surface area contributed by atoms with Gasteiger partial charge in [-0.25, -0.2) is 9.78 Å². The number of aromatic nitrogens is 1. The van der Waals surface area contributed by atoms with E-state index in [1.54, 1.807) is 6.92 Å². The van der Waals surface area contributed by atoms with Crippen molar-refractivity contribution in [2.24, 2.45) is 0 Å². The molecule has 0 N–H and O–H groups in total. The third-order valence-corrected chi connectivity index (χ3v) is 4.52. The molecule has 1 aliphatic rings. The molecule has 0 atom stereocenters. The van der Waals surface area contributed by atoms with Gasteiger partial charge in [-0.3, -0.25) is 4.79 Å². The fourth-order valence-electron chi connectivity index (χ4n) is 2.17. The number of nitrogens with zero attached hydrogens (tertiary/aromatic N) is 3. The molecule has 0 aromatic carbocycles. The highest BCUT2D eigenvalue weighted by atomic mass is 32.1. The second-order valence-corrected chi connectivity index (χ2v) is 5.91. The number of rotatable bonds is 2. The van der Waals surface area contributed by atoms with Crippen LogP contribution < -0.4 is 0 Å². The predicted molar refractivity (Wildman–Crippen MR) is 76.4 cm³/mol. The van der Waals surface area contributed by atoms with E-state index in [0.29, 0.717) is 11.3 Å². The van der Waals surface area contributed by atoms with Crippen molar-refractivity contribution in [3.63, 3.8) is 0 Å². The van der Waals surface area contributed by atoms with Crippen molar-refractivity contribution in [3.05, 3.63) is 15.6 Å². The lowest BCUT2D eigenvalue weighted by molar-refractivity contribution is -0.137. The average Bonchev–Trinajstić information content (AvgIpc) is 2.89. The molecule has 0 aliphatic carbocycles. The van der Waals surface area contributed by atoms with Gasteiger partial charge in [0.25, 0.3) is 5.91 Å². The minimum atomic E-state index is -4.56. The number of amides is 2. The van der Waals surface area contributed by atoms with Gasteiger partial charge in [0.05, 0.1) is 12.3 Å². The predicted octanol–water partition coefficient (Wildman–Crippen LogP) is 2.38. The molecule has 1 aliphatic heterocycles. The Morgan fingerprint density at radius 3 is 2.26 bits per heavy atom. The third kappa shape index (κ3) is 3.92. The first-order valence-electron chi connectivity index (χ1n) is 6.99. The summed E-state index contributed by atoms with van der Waals surface area (Å²) in [6.07, 6.45) is -5.01. The van der Waals surface area contributed by atoms with E-state index in [-0.39, 0.29) is 43.4 Å². The van der Waals surface area contributed by atoms with Crippen LogP contribution in [-0.4, -0.2) is 59.6 Å². The number of carbonyl (C=O) groups excluding carboxylic acids is 2. The SMILES string of the molecule is CCOC(=O)N1CCN(C(=O)c2sc(C(F)(F)F)nc2C)CC1. The first kappa shape index (κ1) is 17.5. The highest BCUT2D eigenvalue weighted by Gasteiger charge is 2.37. The number of halogens is 3. The molecule has 6 nitrogen and oxygen atoms in total. The first-order valence-corrected chi connectivity index (χ1v) is 7.81.